The van der Waals surface area contributed by atoms with Crippen LogP contribution in [-0.2, 0) is 6.42 Å². The first-order valence-corrected chi connectivity index (χ1v) is 6.88. The van der Waals surface area contributed by atoms with Gasteiger partial charge in [0.25, 0.3) is 0 Å². The van der Waals surface area contributed by atoms with Crippen LogP contribution in [0.5, 0.6) is 0 Å². The van der Waals surface area contributed by atoms with Crippen LogP contribution in [0, 0.1) is 25.5 Å². The zero-order valence-corrected chi connectivity index (χ0v) is 11.7. The number of hydrogen-bond acceptors (Lipinski definition) is 1. The fourth-order valence-corrected chi connectivity index (χ4v) is 3.45. The molecule has 1 aromatic heterocycles. The Morgan fingerprint density at radius 3 is 2.61 bits per heavy atom. The smallest absolute Gasteiger partial charge is 0.162 e. The molecule has 1 aromatic carbocycles. The Balaban J connectivity index is 2.24. The first-order chi connectivity index (χ1) is 8.49. The van der Waals surface area contributed by atoms with Gasteiger partial charge in [0.05, 0.1) is 5.38 Å². The molecule has 18 heavy (non-hydrogen) atoms. The van der Waals surface area contributed by atoms with Crippen LogP contribution in [0.4, 0.5) is 8.78 Å². The van der Waals surface area contributed by atoms with Gasteiger partial charge >= 0.3 is 0 Å². The van der Waals surface area contributed by atoms with Crippen molar-refractivity contribution in [3.05, 3.63) is 56.8 Å². The van der Waals surface area contributed by atoms with Gasteiger partial charge in [-0.3, -0.25) is 0 Å². The van der Waals surface area contributed by atoms with Gasteiger partial charge in [0.2, 0.25) is 0 Å². The first kappa shape index (κ1) is 13.5. The second kappa shape index (κ2) is 5.37. The standard InChI is InChI=1S/C14H13ClF2S/c1-8-6-9(2)18-14(8)11(15)7-10-4-3-5-12(16)13(10)17/h3-6,11H,7H2,1-2H3. The molecule has 0 aliphatic carbocycles. The van der Waals surface area contributed by atoms with Crippen molar-refractivity contribution >= 4 is 22.9 Å². The zero-order valence-electron chi connectivity index (χ0n) is 10.1. The van der Waals surface area contributed by atoms with E-state index in [1.54, 1.807) is 17.4 Å². The Hall–Kier alpha value is -0.930. The van der Waals surface area contributed by atoms with E-state index < -0.39 is 11.6 Å². The van der Waals surface area contributed by atoms with E-state index in [1.807, 2.05) is 13.8 Å². The summed E-state index contributed by atoms with van der Waals surface area (Å²) in [7, 11) is 0. The number of alkyl halides is 1. The third-order valence-electron chi connectivity index (χ3n) is 2.79. The summed E-state index contributed by atoms with van der Waals surface area (Å²) in [6, 6.07) is 6.24. The van der Waals surface area contributed by atoms with Gasteiger partial charge in [-0.1, -0.05) is 12.1 Å². The monoisotopic (exact) mass is 286 g/mol. The predicted molar refractivity (Wildman–Crippen MR) is 72.4 cm³/mol. The van der Waals surface area contributed by atoms with Crippen LogP contribution in [0.25, 0.3) is 0 Å². The molecule has 1 heterocycles. The molecule has 0 saturated heterocycles. The minimum Gasteiger partial charge on any atom is -0.204 e. The van der Waals surface area contributed by atoms with E-state index in [2.05, 4.69) is 6.07 Å². The molecular weight excluding hydrogens is 274 g/mol. The summed E-state index contributed by atoms with van der Waals surface area (Å²) >= 11 is 7.91. The summed E-state index contributed by atoms with van der Waals surface area (Å²) in [6.45, 7) is 3.99. The molecule has 0 aliphatic rings. The van der Waals surface area contributed by atoms with Crippen molar-refractivity contribution in [2.75, 3.05) is 0 Å². The van der Waals surface area contributed by atoms with Crippen molar-refractivity contribution in [2.45, 2.75) is 25.6 Å². The van der Waals surface area contributed by atoms with Gasteiger partial charge in [-0.05, 0) is 43.5 Å². The Morgan fingerprint density at radius 1 is 1.28 bits per heavy atom. The number of benzene rings is 1. The molecule has 0 amide bonds. The van der Waals surface area contributed by atoms with Crippen molar-refractivity contribution < 1.29 is 8.78 Å². The largest absolute Gasteiger partial charge is 0.204 e. The van der Waals surface area contributed by atoms with Crippen LogP contribution >= 0.6 is 22.9 Å². The first-order valence-electron chi connectivity index (χ1n) is 5.63. The fraction of sp³-hybridized carbons (Fsp3) is 0.286. The minimum absolute atomic E-state index is 0.298. The molecule has 2 aromatic rings. The second-order valence-corrected chi connectivity index (χ2v) is 6.10. The van der Waals surface area contributed by atoms with Gasteiger partial charge in [0, 0.05) is 9.75 Å². The average molecular weight is 287 g/mol. The highest BCUT2D eigenvalue weighted by Crippen LogP contribution is 2.34. The summed E-state index contributed by atoms with van der Waals surface area (Å²) in [5, 5.41) is -0.319. The number of thiophene rings is 1. The van der Waals surface area contributed by atoms with Crippen molar-refractivity contribution in [3.8, 4) is 0 Å². The lowest BCUT2D eigenvalue weighted by molar-refractivity contribution is 0.498. The zero-order chi connectivity index (χ0) is 13.3. The number of halogens is 3. The van der Waals surface area contributed by atoms with Gasteiger partial charge in [-0.2, -0.15) is 0 Å². The lowest BCUT2D eigenvalue weighted by atomic mass is 10.1. The predicted octanol–water partition coefficient (Wildman–Crippen LogP) is 5.17. The second-order valence-electron chi connectivity index (χ2n) is 4.29. The average Bonchev–Trinajstić information content (AvgIpc) is 2.64. The van der Waals surface area contributed by atoms with Gasteiger partial charge in [-0.15, -0.1) is 22.9 Å². The van der Waals surface area contributed by atoms with Crippen molar-refractivity contribution in [1.29, 1.82) is 0 Å². The van der Waals surface area contributed by atoms with Crippen LogP contribution < -0.4 is 0 Å². The molecule has 2 rings (SSSR count). The van der Waals surface area contributed by atoms with Crippen LogP contribution in [0.2, 0.25) is 0 Å². The van der Waals surface area contributed by atoms with E-state index in [1.165, 1.54) is 10.9 Å². The highest BCUT2D eigenvalue weighted by molar-refractivity contribution is 7.12. The molecule has 0 radical (unpaired) electrons. The molecule has 0 spiro atoms. The Labute approximate surface area is 114 Å². The molecule has 0 saturated carbocycles. The molecule has 1 unspecified atom stereocenters. The summed E-state index contributed by atoms with van der Waals surface area (Å²) in [4.78, 5) is 2.20. The van der Waals surface area contributed by atoms with E-state index >= 15 is 0 Å². The molecule has 0 fully saturated rings. The Morgan fingerprint density at radius 2 is 2.00 bits per heavy atom. The van der Waals surface area contributed by atoms with Crippen LogP contribution in [0.15, 0.2) is 24.3 Å². The fourth-order valence-electron chi connectivity index (χ4n) is 1.96. The molecule has 4 heteroatoms. The van der Waals surface area contributed by atoms with E-state index in [0.29, 0.717) is 12.0 Å². The van der Waals surface area contributed by atoms with E-state index in [-0.39, 0.29) is 5.38 Å². The third kappa shape index (κ3) is 2.73. The molecule has 96 valence electrons. The maximum absolute atomic E-state index is 13.6. The topological polar surface area (TPSA) is 0 Å². The van der Waals surface area contributed by atoms with E-state index in [4.69, 9.17) is 11.6 Å². The van der Waals surface area contributed by atoms with E-state index in [0.717, 1.165) is 16.5 Å². The Kier molecular flexibility index (Phi) is 4.03. The maximum atomic E-state index is 13.6. The maximum Gasteiger partial charge on any atom is 0.162 e. The van der Waals surface area contributed by atoms with Crippen LogP contribution in [0.3, 0.4) is 0 Å². The highest BCUT2D eigenvalue weighted by Gasteiger charge is 2.17. The summed E-state index contributed by atoms with van der Waals surface area (Å²) in [6.07, 6.45) is 0.298. The molecule has 0 bridgehead atoms. The molecule has 0 N–H and O–H groups in total. The van der Waals surface area contributed by atoms with E-state index in [9.17, 15) is 8.78 Å². The van der Waals surface area contributed by atoms with Crippen molar-refractivity contribution in [2.24, 2.45) is 0 Å². The minimum atomic E-state index is -0.824. The summed E-state index contributed by atoms with van der Waals surface area (Å²) < 4.78 is 26.7. The quantitative estimate of drug-likeness (QED) is 0.683. The lowest BCUT2D eigenvalue weighted by Crippen LogP contribution is -1.99. The molecule has 1 atom stereocenters. The van der Waals surface area contributed by atoms with Gasteiger partial charge in [-0.25, -0.2) is 8.78 Å². The summed E-state index contributed by atoms with van der Waals surface area (Å²) in [5.41, 5.74) is 1.43. The Bertz CT molecular complexity index is 563. The SMILES string of the molecule is Cc1cc(C)c(C(Cl)Cc2cccc(F)c2F)s1. The normalized spacial score (nSPS) is 12.7. The molecular formula is C14H13ClF2S. The number of hydrogen-bond donors (Lipinski definition) is 0. The van der Waals surface area contributed by atoms with Gasteiger partial charge in [0.1, 0.15) is 0 Å². The van der Waals surface area contributed by atoms with Crippen LogP contribution in [0.1, 0.15) is 26.3 Å². The van der Waals surface area contributed by atoms with Crippen LogP contribution in [-0.4, -0.2) is 0 Å². The van der Waals surface area contributed by atoms with Gasteiger partial charge < -0.3 is 0 Å². The highest BCUT2D eigenvalue weighted by atomic mass is 35.5. The van der Waals surface area contributed by atoms with Crippen molar-refractivity contribution in [1.82, 2.24) is 0 Å². The molecule has 0 aliphatic heterocycles. The van der Waals surface area contributed by atoms with Gasteiger partial charge in [0.15, 0.2) is 11.6 Å². The number of aryl methyl sites for hydroxylation is 2. The molecule has 0 nitrogen and oxygen atoms in total. The summed E-state index contributed by atoms with van der Waals surface area (Å²) in [5.74, 6) is -1.62. The van der Waals surface area contributed by atoms with Crippen molar-refractivity contribution in [3.63, 3.8) is 0 Å². The number of rotatable bonds is 3. The lowest BCUT2D eigenvalue weighted by Gasteiger charge is -2.10. The third-order valence-corrected chi connectivity index (χ3v) is 4.56.